The molecule has 1 aromatic carbocycles. The van der Waals surface area contributed by atoms with E-state index in [1.54, 1.807) is 12.1 Å². The highest BCUT2D eigenvalue weighted by molar-refractivity contribution is 5.22. The molecule has 2 rings (SSSR count). The molecule has 1 nitrogen and oxygen atoms in total. The van der Waals surface area contributed by atoms with Crippen LogP contribution in [0, 0.1) is 16.6 Å². The van der Waals surface area contributed by atoms with E-state index in [4.69, 9.17) is 0 Å². The molecule has 0 saturated heterocycles. The van der Waals surface area contributed by atoms with Crippen LogP contribution in [0.4, 0.5) is 4.39 Å². The van der Waals surface area contributed by atoms with Crippen LogP contribution in [0.25, 0.3) is 0 Å². The molecule has 0 aromatic heterocycles. The van der Waals surface area contributed by atoms with Gasteiger partial charge >= 0.3 is 0 Å². The van der Waals surface area contributed by atoms with Crippen molar-refractivity contribution in [3.63, 3.8) is 0 Å². The first-order valence-corrected chi connectivity index (χ1v) is 8.19. The second-order valence-electron chi connectivity index (χ2n) is 8.46. The lowest BCUT2D eigenvalue weighted by Crippen LogP contribution is -2.42. The van der Waals surface area contributed by atoms with Crippen LogP contribution in [-0.2, 0) is 0 Å². The van der Waals surface area contributed by atoms with Gasteiger partial charge in [-0.25, -0.2) is 4.39 Å². The van der Waals surface area contributed by atoms with E-state index in [1.807, 2.05) is 12.1 Å². The predicted molar refractivity (Wildman–Crippen MR) is 87.8 cm³/mol. The quantitative estimate of drug-likeness (QED) is 0.778. The van der Waals surface area contributed by atoms with Gasteiger partial charge in [0.2, 0.25) is 0 Å². The second kappa shape index (κ2) is 6.08. The molecule has 118 valence electrons. The van der Waals surface area contributed by atoms with E-state index < -0.39 is 0 Å². The Labute approximate surface area is 129 Å². The summed E-state index contributed by atoms with van der Waals surface area (Å²) in [5, 5.41) is 3.85. The summed E-state index contributed by atoms with van der Waals surface area (Å²) in [6.07, 6.45) is 5.04. The Bertz CT molecular complexity index is 445. The zero-order chi connectivity index (χ0) is 15.7. The Hall–Kier alpha value is -0.890. The molecule has 1 atom stereocenters. The zero-order valence-corrected chi connectivity index (χ0v) is 14.2. The van der Waals surface area contributed by atoms with Gasteiger partial charge in [-0.1, -0.05) is 46.8 Å². The molecule has 1 fully saturated rings. The maximum Gasteiger partial charge on any atom is 0.123 e. The van der Waals surface area contributed by atoms with Crippen molar-refractivity contribution >= 4 is 0 Å². The summed E-state index contributed by atoms with van der Waals surface area (Å²) in [5.41, 5.74) is 1.80. The van der Waals surface area contributed by atoms with Crippen LogP contribution in [0.2, 0.25) is 0 Å². The maximum atomic E-state index is 13.2. The van der Waals surface area contributed by atoms with Crippen LogP contribution in [0.5, 0.6) is 0 Å². The van der Waals surface area contributed by atoms with E-state index in [9.17, 15) is 4.39 Å². The van der Waals surface area contributed by atoms with Gasteiger partial charge in [0.1, 0.15) is 5.82 Å². The second-order valence-corrected chi connectivity index (χ2v) is 8.46. The summed E-state index contributed by atoms with van der Waals surface area (Å²) in [4.78, 5) is 0. The Balaban J connectivity index is 2.10. The molecule has 0 aliphatic heterocycles. The maximum absolute atomic E-state index is 13.2. The Morgan fingerprint density at radius 3 is 2.10 bits per heavy atom. The number of benzene rings is 1. The largest absolute Gasteiger partial charge is 0.307 e. The SMILES string of the molecule is CC1(C)CCC(NC(c2ccc(F)cc2)C(C)(C)C)CC1. The zero-order valence-electron chi connectivity index (χ0n) is 14.2. The van der Waals surface area contributed by atoms with Crippen molar-refractivity contribution in [2.75, 3.05) is 0 Å². The molecular formula is C19H30FN. The van der Waals surface area contributed by atoms with Crippen LogP contribution in [0.1, 0.15) is 71.9 Å². The molecule has 0 heterocycles. The summed E-state index contributed by atoms with van der Waals surface area (Å²) >= 11 is 0. The fourth-order valence-corrected chi connectivity index (χ4v) is 3.30. The first-order chi connectivity index (χ1) is 9.67. The number of hydrogen-bond acceptors (Lipinski definition) is 1. The number of halogens is 1. The van der Waals surface area contributed by atoms with Crippen molar-refractivity contribution in [1.29, 1.82) is 0 Å². The molecule has 1 aliphatic carbocycles. The fraction of sp³-hybridized carbons (Fsp3) is 0.684. The first-order valence-electron chi connectivity index (χ1n) is 8.19. The van der Waals surface area contributed by atoms with Gasteiger partial charge in [0.15, 0.2) is 0 Å². The van der Waals surface area contributed by atoms with E-state index in [0.717, 1.165) is 0 Å². The standard InChI is InChI=1S/C19H30FN/c1-18(2,3)17(14-6-8-15(20)9-7-14)21-16-10-12-19(4,5)13-11-16/h6-9,16-17,21H,10-13H2,1-5H3. The number of nitrogens with one attached hydrogen (secondary N) is 1. The highest BCUT2D eigenvalue weighted by Crippen LogP contribution is 2.38. The smallest absolute Gasteiger partial charge is 0.123 e. The molecule has 2 heteroatoms. The molecule has 21 heavy (non-hydrogen) atoms. The summed E-state index contributed by atoms with van der Waals surface area (Å²) in [6.45, 7) is 11.5. The normalized spacial score (nSPS) is 21.2. The Morgan fingerprint density at radius 1 is 1.10 bits per heavy atom. The van der Waals surface area contributed by atoms with Gasteiger partial charge in [0.25, 0.3) is 0 Å². The summed E-state index contributed by atoms with van der Waals surface area (Å²) < 4.78 is 13.2. The van der Waals surface area contributed by atoms with E-state index in [0.29, 0.717) is 11.5 Å². The summed E-state index contributed by atoms with van der Waals surface area (Å²) in [6, 6.07) is 7.83. The third kappa shape index (κ3) is 4.54. The van der Waals surface area contributed by atoms with Gasteiger partial charge in [-0.3, -0.25) is 0 Å². The third-order valence-electron chi connectivity index (χ3n) is 4.81. The van der Waals surface area contributed by atoms with E-state index in [-0.39, 0.29) is 17.3 Å². The minimum absolute atomic E-state index is 0.116. The van der Waals surface area contributed by atoms with Crippen molar-refractivity contribution in [3.8, 4) is 0 Å². The molecule has 1 aromatic rings. The van der Waals surface area contributed by atoms with Crippen molar-refractivity contribution in [2.24, 2.45) is 10.8 Å². The molecule has 0 bridgehead atoms. The van der Waals surface area contributed by atoms with Crippen LogP contribution in [0.3, 0.4) is 0 Å². The Kier molecular flexibility index (Phi) is 4.77. The van der Waals surface area contributed by atoms with Gasteiger partial charge in [0, 0.05) is 12.1 Å². The summed E-state index contributed by atoms with van der Waals surface area (Å²) in [5.74, 6) is -0.161. The minimum atomic E-state index is -0.161. The van der Waals surface area contributed by atoms with Crippen LogP contribution >= 0.6 is 0 Å². The van der Waals surface area contributed by atoms with Crippen molar-refractivity contribution in [3.05, 3.63) is 35.6 Å². The van der Waals surface area contributed by atoms with Gasteiger partial charge in [-0.05, 0) is 54.2 Å². The lowest BCUT2D eigenvalue weighted by Gasteiger charge is -2.40. The number of rotatable bonds is 3. The molecule has 1 aliphatic rings. The lowest BCUT2D eigenvalue weighted by atomic mass is 9.74. The lowest BCUT2D eigenvalue weighted by molar-refractivity contribution is 0.169. The highest BCUT2D eigenvalue weighted by atomic mass is 19.1. The summed E-state index contributed by atoms with van der Waals surface area (Å²) in [7, 11) is 0. The molecular weight excluding hydrogens is 261 g/mol. The van der Waals surface area contributed by atoms with E-state index in [2.05, 4.69) is 39.9 Å². The minimum Gasteiger partial charge on any atom is -0.307 e. The van der Waals surface area contributed by atoms with Crippen molar-refractivity contribution in [2.45, 2.75) is 72.4 Å². The monoisotopic (exact) mass is 291 g/mol. The van der Waals surface area contributed by atoms with Crippen LogP contribution in [-0.4, -0.2) is 6.04 Å². The number of hydrogen-bond donors (Lipinski definition) is 1. The molecule has 1 N–H and O–H groups in total. The van der Waals surface area contributed by atoms with Gasteiger partial charge in [0.05, 0.1) is 0 Å². The van der Waals surface area contributed by atoms with Gasteiger partial charge in [-0.2, -0.15) is 0 Å². The Morgan fingerprint density at radius 2 is 1.62 bits per heavy atom. The topological polar surface area (TPSA) is 12.0 Å². The fourth-order valence-electron chi connectivity index (χ4n) is 3.30. The van der Waals surface area contributed by atoms with E-state index in [1.165, 1.54) is 31.2 Å². The van der Waals surface area contributed by atoms with Crippen LogP contribution < -0.4 is 5.32 Å². The van der Waals surface area contributed by atoms with E-state index >= 15 is 0 Å². The first kappa shape index (κ1) is 16.5. The van der Waals surface area contributed by atoms with Crippen LogP contribution in [0.15, 0.2) is 24.3 Å². The van der Waals surface area contributed by atoms with Gasteiger partial charge in [-0.15, -0.1) is 0 Å². The average molecular weight is 291 g/mol. The predicted octanol–water partition coefficient (Wildman–Crippen LogP) is 5.47. The molecule has 0 amide bonds. The molecule has 0 spiro atoms. The molecule has 1 saturated carbocycles. The van der Waals surface area contributed by atoms with Crippen molar-refractivity contribution < 1.29 is 4.39 Å². The van der Waals surface area contributed by atoms with Crippen molar-refractivity contribution in [1.82, 2.24) is 5.32 Å². The highest BCUT2D eigenvalue weighted by Gasteiger charge is 2.32. The molecule has 0 radical (unpaired) electrons. The average Bonchev–Trinajstić information content (AvgIpc) is 2.37. The molecule has 1 unspecified atom stereocenters. The van der Waals surface area contributed by atoms with Gasteiger partial charge < -0.3 is 5.32 Å². The third-order valence-corrected chi connectivity index (χ3v) is 4.81.